The fraction of sp³-hybridized carbons (Fsp3) is 0.857. The van der Waals surface area contributed by atoms with Crippen LogP contribution < -0.4 is 0 Å². The molecule has 0 spiro atoms. The highest BCUT2D eigenvalue weighted by atomic mass is 16.5. The van der Waals surface area contributed by atoms with Crippen molar-refractivity contribution in [1.29, 1.82) is 0 Å². The van der Waals surface area contributed by atoms with Crippen molar-refractivity contribution in [2.24, 2.45) is 5.92 Å². The SMILES string of the molecule is CCCCC#C[C@@H]1CCC[C@@H]1OCCC. The molecule has 1 nitrogen and oxygen atoms in total. The van der Waals surface area contributed by atoms with Gasteiger partial charge in [0.15, 0.2) is 0 Å². The smallest absolute Gasteiger partial charge is 0.0712 e. The summed E-state index contributed by atoms with van der Waals surface area (Å²) in [6.07, 6.45) is 8.84. The molecule has 0 bridgehead atoms. The zero-order valence-corrected chi connectivity index (χ0v) is 10.2. The van der Waals surface area contributed by atoms with Crippen LogP contribution in [0.15, 0.2) is 0 Å². The zero-order valence-electron chi connectivity index (χ0n) is 10.2. The molecule has 0 radical (unpaired) electrons. The van der Waals surface area contributed by atoms with Crippen molar-refractivity contribution < 1.29 is 4.74 Å². The first-order valence-corrected chi connectivity index (χ1v) is 6.48. The zero-order chi connectivity index (χ0) is 10.9. The van der Waals surface area contributed by atoms with E-state index < -0.39 is 0 Å². The number of hydrogen-bond donors (Lipinski definition) is 0. The van der Waals surface area contributed by atoms with Gasteiger partial charge in [0.1, 0.15) is 0 Å². The van der Waals surface area contributed by atoms with Crippen LogP contribution in [-0.2, 0) is 4.74 Å². The van der Waals surface area contributed by atoms with Crippen molar-refractivity contribution in [3.63, 3.8) is 0 Å². The van der Waals surface area contributed by atoms with Crippen LogP contribution in [0, 0.1) is 17.8 Å². The van der Waals surface area contributed by atoms with E-state index in [0.29, 0.717) is 12.0 Å². The van der Waals surface area contributed by atoms with E-state index in [2.05, 4.69) is 25.7 Å². The van der Waals surface area contributed by atoms with E-state index in [0.717, 1.165) is 19.4 Å². The van der Waals surface area contributed by atoms with Gasteiger partial charge in [0, 0.05) is 18.9 Å². The van der Waals surface area contributed by atoms with Gasteiger partial charge in [-0.2, -0.15) is 0 Å². The van der Waals surface area contributed by atoms with E-state index in [-0.39, 0.29) is 0 Å². The summed E-state index contributed by atoms with van der Waals surface area (Å²) in [6.45, 7) is 5.28. The fourth-order valence-electron chi connectivity index (χ4n) is 2.03. The molecule has 0 aromatic heterocycles. The molecule has 0 aromatic carbocycles. The normalized spacial score (nSPS) is 24.9. The highest BCUT2D eigenvalue weighted by Gasteiger charge is 2.25. The second-order valence-electron chi connectivity index (χ2n) is 4.37. The van der Waals surface area contributed by atoms with Gasteiger partial charge < -0.3 is 4.74 Å². The molecule has 0 unspecified atom stereocenters. The molecule has 15 heavy (non-hydrogen) atoms. The summed E-state index contributed by atoms with van der Waals surface area (Å²) < 4.78 is 5.82. The number of ether oxygens (including phenoxy) is 1. The van der Waals surface area contributed by atoms with Crippen LogP contribution in [0.2, 0.25) is 0 Å². The molecule has 0 aromatic rings. The molecule has 1 rings (SSSR count). The Morgan fingerprint density at radius 2 is 2.07 bits per heavy atom. The maximum Gasteiger partial charge on any atom is 0.0712 e. The van der Waals surface area contributed by atoms with E-state index in [1.807, 2.05) is 0 Å². The number of unbranched alkanes of at least 4 members (excludes halogenated alkanes) is 2. The van der Waals surface area contributed by atoms with Crippen molar-refractivity contribution in [3.05, 3.63) is 0 Å². The van der Waals surface area contributed by atoms with Crippen LogP contribution >= 0.6 is 0 Å². The van der Waals surface area contributed by atoms with Gasteiger partial charge >= 0.3 is 0 Å². The standard InChI is InChI=1S/C14H24O/c1-3-5-6-7-9-13-10-8-11-14(13)15-12-4-2/h13-14H,3-6,8,10-12H2,1-2H3/t13-,14+/m1/s1. The average molecular weight is 208 g/mol. The lowest BCUT2D eigenvalue weighted by Crippen LogP contribution is -2.17. The van der Waals surface area contributed by atoms with Crippen LogP contribution in [0.1, 0.15) is 58.8 Å². The van der Waals surface area contributed by atoms with E-state index in [4.69, 9.17) is 4.74 Å². The summed E-state index contributed by atoms with van der Waals surface area (Å²) in [5.74, 6) is 7.23. The van der Waals surface area contributed by atoms with Gasteiger partial charge in [0.25, 0.3) is 0 Å². The van der Waals surface area contributed by atoms with Crippen LogP contribution in [0.4, 0.5) is 0 Å². The second-order valence-corrected chi connectivity index (χ2v) is 4.37. The molecule has 0 N–H and O–H groups in total. The minimum Gasteiger partial charge on any atom is -0.377 e. The van der Waals surface area contributed by atoms with E-state index >= 15 is 0 Å². The molecular formula is C14H24O. The molecule has 1 saturated carbocycles. The first-order chi connectivity index (χ1) is 7.38. The van der Waals surface area contributed by atoms with Crippen molar-refractivity contribution in [2.75, 3.05) is 6.61 Å². The Hall–Kier alpha value is -0.480. The Morgan fingerprint density at radius 3 is 2.80 bits per heavy atom. The average Bonchev–Trinajstić information content (AvgIpc) is 2.69. The Morgan fingerprint density at radius 1 is 1.20 bits per heavy atom. The molecule has 0 aliphatic heterocycles. The lowest BCUT2D eigenvalue weighted by molar-refractivity contribution is 0.0422. The quantitative estimate of drug-likeness (QED) is 0.493. The largest absolute Gasteiger partial charge is 0.377 e. The molecule has 1 fully saturated rings. The topological polar surface area (TPSA) is 9.23 Å². The second kappa shape index (κ2) is 7.77. The van der Waals surface area contributed by atoms with Crippen molar-refractivity contribution >= 4 is 0 Å². The molecule has 1 aliphatic rings. The van der Waals surface area contributed by atoms with Crippen LogP contribution in [0.5, 0.6) is 0 Å². The van der Waals surface area contributed by atoms with Gasteiger partial charge in [-0.3, -0.25) is 0 Å². The fourth-order valence-corrected chi connectivity index (χ4v) is 2.03. The summed E-state index contributed by atoms with van der Waals surface area (Å²) in [4.78, 5) is 0. The Labute approximate surface area is 94.6 Å². The molecule has 0 saturated heterocycles. The maximum absolute atomic E-state index is 5.82. The summed E-state index contributed by atoms with van der Waals surface area (Å²) in [5, 5.41) is 0. The molecule has 86 valence electrons. The van der Waals surface area contributed by atoms with Crippen molar-refractivity contribution in [1.82, 2.24) is 0 Å². The third-order valence-electron chi connectivity index (χ3n) is 2.93. The molecule has 0 amide bonds. The number of hydrogen-bond acceptors (Lipinski definition) is 1. The van der Waals surface area contributed by atoms with Gasteiger partial charge in [-0.1, -0.05) is 26.2 Å². The predicted octanol–water partition coefficient (Wildman–Crippen LogP) is 3.78. The Balaban J connectivity index is 2.27. The van der Waals surface area contributed by atoms with Crippen LogP contribution in [0.25, 0.3) is 0 Å². The molecule has 2 atom stereocenters. The summed E-state index contributed by atoms with van der Waals surface area (Å²) in [6, 6.07) is 0. The minimum absolute atomic E-state index is 0.430. The highest BCUT2D eigenvalue weighted by Crippen LogP contribution is 2.27. The summed E-state index contributed by atoms with van der Waals surface area (Å²) >= 11 is 0. The van der Waals surface area contributed by atoms with Gasteiger partial charge in [-0.05, 0) is 32.1 Å². The third-order valence-corrected chi connectivity index (χ3v) is 2.93. The molecular weight excluding hydrogens is 184 g/mol. The van der Waals surface area contributed by atoms with Gasteiger partial charge in [-0.25, -0.2) is 0 Å². The van der Waals surface area contributed by atoms with Gasteiger partial charge in [0.2, 0.25) is 0 Å². The van der Waals surface area contributed by atoms with Crippen molar-refractivity contribution in [2.45, 2.75) is 64.9 Å². The molecule has 1 aliphatic carbocycles. The predicted molar refractivity (Wildman–Crippen MR) is 64.7 cm³/mol. The van der Waals surface area contributed by atoms with E-state index in [9.17, 15) is 0 Å². The van der Waals surface area contributed by atoms with E-state index in [1.165, 1.54) is 32.1 Å². The van der Waals surface area contributed by atoms with Gasteiger partial charge in [0.05, 0.1) is 6.10 Å². The molecule has 1 heteroatoms. The van der Waals surface area contributed by atoms with Gasteiger partial charge in [-0.15, -0.1) is 5.92 Å². The lowest BCUT2D eigenvalue weighted by Gasteiger charge is -2.14. The highest BCUT2D eigenvalue weighted by molar-refractivity contribution is 5.07. The van der Waals surface area contributed by atoms with Crippen LogP contribution in [0.3, 0.4) is 0 Å². The molecule has 0 heterocycles. The van der Waals surface area contributed by atoms with Crippen LogP contribution in [-0.4, -0.2) is 12.7 Å². The summed E-state index contributed by atoms with van der Waals surface area (Å²) in [5.41, 5.74) is 0. The Kier molecular flexibility index (Phi) is 6.52. The number of rotatable bonds is 5. The van der Waals surface area contributed by atoms with E-state index in [1.54, 1.807) is 0 Å². The lowest BCUT2D eigenvalue weighted by atomic mass is 10.1. The first-order valence-electron chi connectivity index (χ1n) is 6.48. The Bertz CT molecular complexity index is 211. The first kappa shape index (κ1) is 12.6. The summed E-state index contributed by atoms with van der Waals surface area (Å²) in [7, 11) is 0. The monoisotopic (exact) mass is 208 g/mol. The minimum atomic E-state index is 0.430. The van der Waals surface area contributed by atoms with Crippen molar-refractivity contribution in [3.8, 4) is 11.8 Å². The maximum atomic E-state index is 5.82. The third kappa shape index (κ3) is 4.71.